The molecule has 0 spiro atoms. The molecule has 7 nitrogen and oxygen atoms in total. The number of ether oxygens (including phenoxy) is 3. The second kappa shape index (κ2) is 9.08. The number of para-hydroxylation sites is 1. The van der Waals surface area contributed by atoms with E-state index in [4.69, 9.17) is 14.2 Å². The van der Waals surface area contributed by atoms with Gasteiger partial charge in [-0.05, 0) is 60.7 Å². The molecule has 1 aliphatic rings. The summed E-state index contributed by atoms with van der Waals surface area (Å²) in [5.74, 6) is 1.84. The van der Waals surface area contributed by atoms with E-state index in [1.807, 2.05) is 77.6 Å². The van der Waals surface area contributed by atoms with Crippen molar-refractivity contribution in [1.29, 1.82) is 0 Å². The molecule has 0 aliphatic carbocycles. The number of nitrogens with zero attached hydrogens (tertiary/aromatic N) is 3. The highest BCUT2D eigenvalue weighted by Gasteiger charge is 2.32. The predicted molar refractivity (Wildman–Crippen MR) is 124 cm³/mol. The molecule has 0 saturated carbocycles. The van der Waals surface area contributed by atoms with Gasteiger partial charge in [-0.1, -0.05) is 6.07 Å². The van der Waals surface area contributed by atoms with E-state index in [1.54, 1.807) is 18.5 Å². The Kier molecular flexibility index (Phi) is 5.68. The molecule has 0 amide bonds. The van der Waals surface area contributed by atoms with Crippen LogP contribution in [0.15, 0.2) is 91.5 Å². The lowest BCUT2D eigenvalue weighted by Gasteiger charge is -2.41. The molecule has 0 bridgehead atoms. The summed E-state index contributed by atoms with van der Waals surface area (Å²) in [6.45, 7) is 1.43. The number of pyridine rings is 1. The van der Waals surface area contributed by atoms with E-state index in [1.165, 1.54) is 7.11 Å². The lowest BCUT2D eigenvalue weighted by Crippen LogP contribution is -2.54. The predicted octanol–water partition coefficient (Wildman–Crippen LogP) is 4.72. The molecule has 1 aliphatic heterocycles. The van der Waals surface area contributed by atoms with Crippen LogP contribution in [0, 0.1) is 0 Å². The van der Waals surface area contributed by atoms with Crippen LogP contribution in [0.5, 0.6) is 17.2 Å². The van der Waals surface area contributed by atoms with Gasteiger partial charge in [0, 0.05) is 18.6 Å². The van der Waals surface area contributed by atoms with Crippen molar-refractivity contribution in [3.05, 3.63) is 97.1 Å². The molecule has 33 heavy (non-hydrogen) atoms. The van der Waals surface area contributed by atoms with E-state index in [9.17, 15) is 4.79 Å². The monoisotopic (exact) mass is 441 g/mol. The molecule has 0 radical (unpaired) electrons. The first kappa shape index (κ1) is 20.6. The standard InChI is InChI=1S/C26H23N3O4/c1-31-26(30)23-7-4-8-24(25(23)28-14-2-3-15-28)29-17-22(18-29)33-20-11-9-19(10-12-20)32-21-6-5-13-27-16-21/h2-16,22H,17-18H2,1H3. The first-order valence-corrected chi connectivity index (χ1v) is 10.7. The van der Waals surface area contributed by atoms with Gasteiger partial charge >= 0.3 is 5.97 Å². The Morgan fingerprint density at radius 1 is 0.909 bits per heavy atom. The Morgan fingerprint density at radius 2 is 1.67 bits per heavy atom. The number of hydrogen-bond donors (Lipinski definition) is 0. The van der Waals surface area contributed by atoms with E-state index < -0.39 is 0 Å². The number of methoxy groups -OCH3 is 1. The highest BCUT2D eigenvalue weighted by atomic mass is 16.5. The molecule has 1 saturated heterocycles. The van der Waals surface area contributed by atoms with Crippen molar-refractivity contribution in [3.63, 3.8) is 0 Å². The van der Waals surface area contributed by atoms with Crippen molar-refractivity contribution in [1.82, 2.24) is 9.55 Å². The lowest BCUT2D eigenvalue weighted by atomic mass is 10.1. The zero-order valence-electron chi connectivity index (χ0n) is 18.1. The average molecular weight is 441 g/mol. The molecular formula is C26H23N3O4. The number of carbonyl (C=O) groups is 1. The van der Waals surface area contributed by atoms with Gasteiger partial charge in [-0.2, -0.15) is 0 Å². The maximum Gasteiger partial charge on any atom is 0.340 e. The van der Waals surface area contributed by atoms with Crippen LogP contribution >= 0.6 is 0 Å². The fourth-order valence-electron chi connectivity index (χ4n) is 3.85. The van der Waals surface area contributed by atoms with Gasteiger partial charge in [0.05, 0.1) is 43.3 Å². The zero-order valence-corrected chi connectivity index (χ0v) is 18.1. The quantitative estimate of drug-likeness (QED) is 0.387. The summed E-state index contributed by atoms with van der Waals surface area (Å²) in [6.07, 6.45) is 7.28. The van der Waals surface area contributed by atoms with Crippen molar-refractivity contribution in [2.24, 2.45) is 0 Å². The third-order valence-corrected chi connectivity index (χ3v) is 5.47. The minimum absolute atomic E-state index is 0.0504. The number of rotatable bonds is 7. The number of benzene rings is 2. The molecular weight excluding hydrogens is 418 g/mol. The minimum Gasteiger partial charge on any atom is -0.487 e. The number of hydrogen-bond acceptors (Lipinski definition) is 6. The van der Waals surface area contributed by atoms with Crippen LogP contribution in [0.4, 0.5) is 5.69 Å². The third kappa shape index (κ3) is 4.39. The van der Waals surface area contributed by atoms with Crippen molar-refractivity contribution < 1.29 is 19.0 Å². The molecule has 0 unspecified atom stereocenters. The molecule has 1 fully saturated rings. The van der Waals surface area contributed by atoms with Crippen LogP contribution in [0.1, 0.15) is 10.4 Å². The zero-order chi connectivity index (χ0) is 22.6. The topological polar surface area (TPSA) is 65.8 Å². The number of esters is 1. The second-order valence-corrected chi connectivity index (χ2v) is 7.66. The maximum atomic E-state index is 12.4. The Balaban J connectivity index is 1.26. The molecule has 0 N–H and O–H groups in total. The van der Waals surface area contributed by atoms with Crippen molar-refractivity contribution in [2.45, 2.75) is 6.10 Å². The fraction of sp³-hybridized carbons (Fsp3) is 0.154. The minimum atomic E-state index is -0.359. The van der Waals surface area contributed by atoms with E-state index >= 15 is 0 Å². The summed E-state index contributed by atoms with van der Waals surface area (Å²) in [5, 5.41) is 0. The number of carbonyl (C=O) groups excluding carboxylic acids is 1. The van der Waals surface area contributed by atoms with Crippen LogP contribution in [-0.2, 0) is 4.74 Å². The van der Waals surface area contributed by atoms with Gasteiger partial charge in [-0.15, -0.1) is 0 Å². The van der Waals surface area contributed by atoms with Crippen LogP contribution in [0.2, 0.25) is 0 Å². The molecule has 0 atom stereocenters. The van der Waals surface area contributed by atoms with Gasteiger partial charge < -0.3 is 23.7 Å². The van der Waals surface area contributed by atoms with Crippen molar-refractivity contribution >= 4 is 11.7 Å². The molecule has 166 valence electrons. The van der Waals surface area contributed by atoms with Gasteiger partial charge in [0.25, 0.3) is 0 Å². The van der Waals surface area contributed by atoms with Gasteiger partial charge in [0.1, 0.15) is 23.4 Å². The first-order valence-electron chi connectivity index (χ1n) is 10.7. The second-order valence-electron chi connectivity index (χ2n) is 7.66. The van der Waals surface area contributed by atoms with Gasteiger partial charge in [-0.3, -0.25) is 4.98 Å². The largest absolute Gasteiger partial charge is 0.487 e. The highest BCUT2D eigenvalue weighted by Crippen LogP contribution is 2.33. The Bertz CT molecular complexity index is 1220. The molecule has 3 heterocycles. The van der Waals surface area contributed by atoms with Crippen LogP contribution < -0.4 is 14.4 Å². The summed E-state index contributed by atoms with van der Waals surface area (Å²) < 4.78 is 18.8. The average Bonchev–Trinajstić information content (AvgIpc) is 3.36. The van der Waals surface area contributed by atoms with Crippen LogP contribution in [-0.4, -0.2) is 41.8 Å². The summed E-state index contributed by atoms with van der Waals surface area (Å²) in [5.41, 5.74) is 2.30. The Hall–Kier alpha value is -4.26. The summed E-state index contributed by atoms with van der Waals surface area (Å²) in [7, 11) is 1.40. The van der Waals surface area contributed by atoms with Gasteiger partial charge in [0.15, 0.2) is 0 Å². The number of aromatic nitrogens is 2. The van der Waals surface area contributed by atoms with Crippen molar-refractivity contribution in [3.8, 4) is 22.9 Å². The van der Waals surface area contributed by atoms with Crippen LogP contribution in [0.25, 0.3) is 5.69 Å². The molecule has 4 aromatic rings. The fourth-order valence-corrected chi connectivity index (χ4v) is 3.85. The van der Waals surface area contributed by atoms with E-state index in [0.717, 1.165) is 22.9 Å². The van der Waals surface area contributed by atoms with Gasteiger partial charge in [-0.25, -0.2) is 4.79 Å². The first-order chi connectivity index (χ1) is 16.2. The Morgan fingerprint density at radius 3 is 2.36 bits per heavy atom. The smallest absolute Gasteiger partial charge is 0.340 e. The summed E-state index contributed by atoms with van der Waals surface area (Å²) >= 11 is 0. The maximum absolute atomic E-state index is 12.4. The van der Waals surface area contributed by atoms with E-state index in [2.05, 4.69) is 9.88 Å². The summed E-state index contributed by atoms with van der Waals surface area (Å²) in [6, 6.07) is 20.8. The molecule has 2 aromatic carbocycles. The van der Waals surface area contributed by atoms with Crippen LogP contribution in [0.3, 0.4) is 0 Å². The third-order valence-electron chi connectivity index (χ3n) is 5.47. The van der Waals surface area contributed by atoms with Gasteiger partial charge in [0.2, 0.25) is 0 Å². The molecule has 5 rings (SSSR count). The number of anilines is 1. The SMILES string of the molecule is COC(=O)c1cccc(N2CC(Oc3ccc(Oc4cccnc4)cc3)C2)c1-n1cccc1. The van der Waals surface area contributed by atoms with E-state index in [0.29, 0.717) is 24.4 Å². The Labute approximate surface area is 191 Å². The molecule has 7 heteroatoms. The summed E-state index contributed by atoms with van der Waals surface area (Å²) in [4.78, 5) is 18.6. The molecule has 2 aromatic heterocycles. The lowest BCUT2D eigenvalue weighted by molar-refractivity contribution is 0.0600. The normalized spacial score (nSPS) is 13.3. The highest BCUT2D eigenvalue weighted by molar-refractivity contribution is 5.96. The van der Waals surface area contributed by atoms with Crippen molar-refractivity contribution in [2.75, 3.05) is 25.1 Å². The van der Waals surface area contributed by atoms with E-state index in [-0.39, 0.29) is 12.1 Å².